The molecule has 0 spiro atoms. The van der Waals surface area contributed by atoms with Gasteiger partial charge in [0.15, 0.2) is 0 Å². The minimum absolute atomic E-state index is 0.164. The summed E-state index contributed by atoms with van der Waals surface area (Å²) in [6.45, 7) is 1.81. The van der Waals surface area contributed by atoms with E-state index in [0.29, 0.717) is 26.1 Å². The first kappa shape index (κ1) is 14.9. The maximum Gasteiger partial charge on any atom is 0.211 e. The monoisotopic (exact) mass is 264 g/mol. The number of nitrogens with one attached hydrogen (secondary N) is 1. The van der Waals surface area contributed by atoms with E-state index in [1.165, 1.54) is 0 Å². The van der Waals surface area contributed by atoms with Gasteiger partial charge in [0.2, 0.25) is 10.0 Å². The van der Waals surface area contributed by atoms with Crippen molar-refractivity contribution in [2.45, 2.75) is 32.1 Å². The lowest BCUT2D eigenvalue weighted by atomic mass is 10.0. The van der Waals surface area contributed by atoms with E-state index in [0.717, 1.165) is 25.7 Å². The van der Waals surface area contributed by atoms with Crippen molar-refractivity contribution in [1.82, 2.24) is 4.72 Å². The largest absolute Gasteiger partial charge is 0.385 e. The van der Waals surface area contributed by atoms with Gasteiger partial charge in [-0.25, -0.2) is 13.1 Å². The molecule has 0 aromatic carbocycles. The Labute approximate surface area is 104 Å². The number of hydrogen-bond acceptors (Lipinski definition) is 4. The van der Waals surface area contributed by atoms with Gasteiger partial charge in [0.1, 0.15) is 0 Å². The van der Waals surface area contributed by atoms with E-state index in [1.807, 2.05) is 0 Å². The lowest BCUT2D eigenvalue weighted by Crippen LogP contribution is -2.32. The fraction of sp³-hybridized carbons (Fsp3) is 1.00. The molecule has 0 aromatic heterocycles. The van der Waals surface area contributed by atoms with Gasteiger partial charge < -0.3 is 10.5 Å². The van der Waals surface area contributed by atoms with Crippen LogP contribution in [0.3, 0.4) is 0 Å². The SMILES string of the molecule is COCCC1(CNS(=O)(=O)CCCCN)CC1. The molecular weight excluding hydrogens is 240 g/mol. The highest BCUT2D eigenvalue weighted by Gasteiger charge is 2.42. The van der Waals surface area contributed by atoms with Gasteiger partial charge in [0, 0.05) is 20.3 Å². The third-order valence-corrected chi connectivity index (χ3v) is 4.74. The second kappa shape index (κ2) is 6.68. The van der Waals surface area contributed by atoms with Crippen molar-refractivity contribution in [2.24, 2.45) is 11.1 Å². The number of hydrogen-bond donors (Lipinski definition) is 2. The van der Waals surface area contributed by atoms with Crippen LogP contribution in [0.2, 0.25) is 0 Å². The molecule has 1 aliphatic rings. The molecule has 0 amide bonds. The molecule has 17 heavy (non-hydrogen) atoms. The first-order valence-corrected chi connectivity index (χ1v) is 7.85. The smallest absolute Gasteiger partial charge is 0.211 e. The van der Waals surface area contributed by atoms with Crippen LogP contribution in [0.1, 0.15) is 32.1 Å². The van der Waals surface area contributed by atoms with Gasteiger partial charge in [0.25, 0.3) is 0 Å². The Balaban J connectivity index is 2.24. The Bertz CT molecular complexity index is 313. The third kappa shape index (κ3) is 5.81. The summed E-state index contributed by atoms with van der Waals surface area (Å²) in [5, 5.41) is 0. The average Bonchev–Trinajstić information content (AvgIpc) is 3.05. The summed E-state index contributed by atoms with van der Waals surface area (Å²) in [6, 6.07) is 0. The van der Waals surface area contributed by atoms with Crippen molar-refractivity contribution < 1.29 is 13.2 Å². The molecule has 0 bridgehead atoms. The van der Waals surface area contributed by atoms with E-state index in [-0.39, 0.29) is 11.2 Å². The Morgan fingerprint density at radius 1 is 1.35 bits per heavy atom. The van der Waals surface area contributed by atoms with Crippen molar-refractivity contribution in [3.8, 4) is 0 Å². The van der Waals surface area contributed by atoms with Gasteiger partial charge in [-0.3, -0.25) is 0 Å². The topological polar surface area (TPSA) is 81.4 Å². The van der Waals surface area contributed by atoms with E-state index in [4.69, 9.17) is 10.5 Å². The molecule has 5 nitrogen and oxygen atoms in total. The van der Waals surface area contributed by atoms with Crippen LogP contribution in [0.15, 0.2) is 0 Å². The second-order valence-corrected chi connectivity index (χ2v) is 6.80. The van der Waals surface area contributed by atoms with E-state index in [9.17, 15) is 8.42 Å². The molecule has 1 fully saturated rings. The molecular formula is C11H24N2O3S. The number of nitrogens with two attached hydrogens (primary N) is 1. The van der Waals surface area contributed by atoms with E-state index in [2.05, 4.69) is 4.72 Å². The summed E-state index contributed by atoms with van der Waals surface area (Å²) in [7, 11) is -1.44. The highest BCUT2D eigenvalue weighted by atomic mass is 32.2. The molecule has 0 heterocycles. The molecule has 0 radical (unpaired) electrons. The zero-order chi connectivity index (χ0) is 12.8. The van der Waals surface area contributed by atoms with Gasteiger partial charge in [-0.15, -0.1) is 0 Å². The van der Waals surface area contributed by atoms with Gasteiger partial charge >= 0.3 is 0 Å². The van der Waals surface area contributed by atoms with E-state index >= 15 is 0 Å². The normalized spacial score (nSPS) is 18.2. The van der Waals surface area contributed by atoms with Crippen molar-refractivity contribution in [1.29, 1.82) is 0 Å². The van der Waals surface area contributed by atoms with Crippen LogP contribution in [-0.4, -0.2) is 41.0 Å². The first-order chi connectivity index (χ1) is 8.04. The maximum atomic E-state index is 11.7. The molecule has 1 rings (SSSR count). The molecule has 0 unspecified atom stereocenters. The Kier molecular flexibility index (Phi) is 5.85. The van der Waals surface area contributed by atoms with Crippen LogP contribution in [0.5, 0.6) is 0 Å². The van der Waals surface area contributed by atoms with Crippen LogP contribution in [0, 0.1) is 5.41 Å². The average molecular weight is 264 g/mol. The van der Waals surface area contributed by atoms with Crippen LogP contribution in [-0.2, 0) is 14.8 Å². The lowest BCUT2D eigenvalue weighted by molar-refractivity contribution is 0.173. The molecule has 6 heteroatoms. The van der Waals surface area contributed by atoms with Crippen molar-refractivity contribution in [2.75, 3.05) is 32.6 Å². The first-order valence-electron chi connectivity index (χ1n) is 6.20. The Morgan fingerprint density at radius 2 is 2.06 bits per heavy atom. The highest BCUT2D eigenvalue weighted by Crippen LogP contribution is 2.48. The Morgan fingerprint density at radius 3 is 2.59 bits per heavy atom. The predicted octanol–water partition coefficient (Wildman–Crippen LogP) is 0.461. The number of methoxy groups -OCH3 is 1. The van der Waals surface area contributed by atoms with Crippen molar-refractivity contribution in [3.63, 3.8) is 0 Å². The number of ether oxygens (including phenoxy) is 1. The zero-order valence-electron chi connectivity index (χ0n) is 10.6. The van der Waals surface area contributed by atoms with Crippen molar-refractivity contribution >= 4 is 10.0 Å². The minimum Gasteiger partial charge on any atom is -0.385 e. The standard InChI is InChI=1S/C11H24N2O3S/c1-16-8-6-11(4-5-11)10-13-17(14,15)9-3-2-7-12/h13H,2-10,12H2,1H3. The number of rotatable bonds is 10. The van der Waals surface area contributed by atoms with Crippen LogP contribution < -0.4 is 10.5 Å². The molecule has 0 atom stereocenters. The number of sulfonamides is 1. The number of unbranched alkanes of at least 4 members (excludes halogenated alkanes) is 1. The molecule has 0 aliphatic heterocycles. The minimum atomic E-state index is -3.12. The van der Waals surface area contributed by atoms with Crippen LogP contribution in [0.4, 0.5) is 0 Å². The molecule has 0 aromatic rings. The maximum absolute atomic E-state index is 11.7. The van der Waals surface area contributed by atoms with E-state index in [1.54, 1.807) is 7.11 Å². The van der Waals surface area contributed by atoms with Crippen LogP contribution in [0.25, 0.3) is 0 Å². The molecule has 1 aliphatic carbocycles. The summed E-state index contributed by atoms with van der Waals surface area (Å²) in [5.41, 5.74) is 5.50. The molecule has 0 saturated heterocycles. The highest BCUT2D eigenvalue weighted by molar-refractivity contribution is 7.89. The fourth-order valence-electron chi connectivity index (χ4n) is 1.78. The summed E-state index contributed by atoms with van der Waals surface area (Å²) < 4.78 is 31.1. The second-order valence-electron chi connectivity index (χ2n) is 4.88. The molecule has 1 saturated carbocycles. The quantitative estimate of drug-likeness (QED) is 0.562. The summed E-state index contributed by atoms with van der Waals surface area (Å²) >= 11 is 0. The fourth-order valence-corrected chi connectivity index (χ4v) is 3.04. The predicted molar refractivity (Wildman–Crippen MR) is 68.2 cm³/mol. The van der Waals surface area contributed by atoms with Gasteiger partial charge in [-0.05, 0) is 44.1 Å². The van der Waals surface area contributed by atoms with Gasteiger partial charge in [-0.1, -0.05) is 0 Å². The third-order valence-electron chi connectivity index (χ3n) is 3.33. The van der Waals surface area contributed by atoms with Gasteiger partial charge in [-0.2, -0.15) is 0 Å². The summed E-state index contributed by atoms with van der Waals surface area (Å²) in [4.78, 5) is 0. The summed E-state index contributed by atoms with van der Waals surface area (Å²) in [6.07, 6.45) is 4.53. The Hall–Kier alpha value is -0.170. The lowest BCUT2D eigenvalue weighted by Gasteiger charge is -2.15. The zero-order valence-corrected chi connectivity index (χ0v) is 11.4. The van der Waals surface area contributed by atoms with Gasteiger partial charge in [0.05, 0.1) is 5.75 Å². The summed E-state index contributed by atoms with van der Waals surface area (Å²) in [5.74, 6) is 0.185. The van der Waals surface area contributed by atoms with Crippen molar-refractivity contribution in [3.05, 3.63) is 0 Å². The molecule has 102 valence electrons. The molecule has 3 N–H and O–H groups in total. The van der Waals surface area contributed by atoms with E-state index < -0.39 is 10.0 Å². The van der Waals surface area contributed by atoms with Crippen LogP contribution >= 0.6 is 0 Å².